The summed E-state index contributed by atoms with van der Waals surface area (Å²) in [4.78, 5) is 18.2. The van der Waals surface area contributed by atoms with E-state index >= 15 is 0 Å². The average molecular weight is 281 g/mol. The highest BCUT2D eigenvalue weighted by Crippen LogP contribution is 2.19. The Hall–Kier alpha value is -1.43. The molecule has 1 fully saturated rings. The summed E-state index contributed by atoms with van der Waals surface area (Å²) in [6, 6.07) is 0. The Balaban J connectivity index is 1.89. The van der Waals surface area contributed by atoms with E-state index in [0.717, 1.165) is 25.8 Å². The van der Waals surface area contributed by atoms with Crippen molar-refractivity contribution in [1.82, 2.24) is 15.0 Å². The Morgan fingerprint density at radius 3 is 3.05 bits per heavy atom. The molecule has 6 heteroatoms. The van der Waals surface area contributed by atoms with Crippen LogP contribution in [-0.4, -0.2) is 41.2 Å². The normalized spacial score (nSPS) is 20.3. The van der Waals surface area contributed by atoms with E-state index in [1.807, 2.05) is 0 Å². The van der Waals surface area contributed by atoms with Crippen molar-refractivity contribution in [3.63, 3.8) is 0 Å². The van der Waals surface area contributed by atoms with Crippen LogP contribution in [0.15, 0.2) is 4.52 Å². The number of piperidine rings is 1. The van der Waals surface area contributed by atoms with Crippen molar-refractivity contribution >= 4 is 5.97 Å². The summed E-state index contributed by atoms with van der Waals surface area (Å²) >= 11 is 0. The molecule has 1 aliphatic rings. The first-order valence-electron chi connectivity index (χ1n) is 7.20. The van der Waals surface area contributed by atoms with Gasteiger partial charge in [0.15, 0.2) is 5.82 Å². The monoisotopic (exact) mass is 281 g/mol. The first kappa shape index (κ1) is 15.0. The van der Waals surface area contributed by atoms with Gasteiger partial charge >= 0.3 is 5.97 Å². The number of rotatable bonds is 5. The van der Waals surface area contributed by atoms with E-state index in [-0.39, 0.29) is 11.9 Å². The Morgan fingerprint density at radius 1 is 1.55 bits per heavy atom. The molecule has 1 aromatic rings. The van der Waals surface area contributed by atoms with Crippen LogP contribution in [0.4, 0.5) is 0 Å². The van der Waals surface area contributed by atoms with E-state index in [9.17, 15) is 4.79 Å². The highest BCUT2D eigenvalue weighted by molar-refractivity contribution is 5.72. The number of carbonyl (C=O) groups excluding carboxylic acids is 1. The molecule has 0 saturated carbocycles. The third-order valence-electron chi connectivity index (χ3n) is 3.50. The lowest BCUT2D eigenvalue weighted by Crippen LogP contribution is -2.38. The van der Waals surface area contributed by atoms with Gasteiger partial charge in [0.1, 0.15) is 0 Å². The topological polar surface area (TPSA) is 68.5 Å². The molecule has 1 aromatic heterocycles. The Labute approximate surface area is 119 Å². The van der Waals surface area contributed by atoms with Crippen molar-refractivity contribution in [3.8, 4) is 0 Å². The average Bonchev–Trinajstić information content (AvgIpc) is 2.84. The molecule has 1 saturated heterocycles. The van der Waals surface area contributed by atoms with E-state index in [4.69, 9.17) is 9.26 Å². The molecule has 1 atom stereocenters. The van der Waals surface area contributed by atoms with E-state index < -0.39 is 0 Å². The van der Waals surface area contributed by atoms with Crippen molar-refractivity contribution in [1.29, 1.82) is 0 Å². The van der Waals surface area contributed by atoms with E-state index in [1.54, 1.807) is 0 Å². The van der Waals surface area contributed by atoms with Crippen LogP contribution in [0, 0.1) is 11.8 Å². The smallest absolute Gasteiger partial charge is 0.309 e. The molecule has 0 N–H and O–H groups in total. The lowest BCUT2D eigenvalue weighted by atomic mass is 9.98. The highest BCUT2D eigenvalue weighted by atomic mass is 16.5. The Morgan fingerprint density at radius 2 is 2.35 bits per heavy atom. The van der Waals surface area contributed by atoms with Crippen LogP contribution in [0.1, 0.15) is 38.4 Å². The largest absolute Gasteiger partial charge is 0.469 e. The van der Waals surface area contributed by atoms with E-state index in [0.29, 0.717) is 30.7 Å². The molecule has 1 aliphatic heterocycles. The quantitative estimate of drug-likeness (QED) is 0.764. The molecule has 6 nitrogen and oxygen atoms in total. The molecule has 2 rings (SSSR count). The maximum Gasteiger partial charge on any atom is 0.309 e. The number of likely N-dealkylation sites (tertiary alicyclic amines) is 1. The van der Waals surface area contributed by atoms with Gasteiger partial charge in [-0.3, -0.25) is 9.69 Å². The molecule has 0 amide bonds. The van der Waals surface area contributed by atoms with Gasteiger partial charge in [-0.15, -0.1) is 0 Å². The van der Waals surface area contributed by atoms with Crippen molar-refractivity contribution in [2.24, 2.45) is 11.8 Å². The summed E-state index contributed by atoms with van der Waals surface area (Å²) in [7, 11) is 1.44. The fourth-order valence-corrected chi connectivity index (χ4v) is 2.54. The number of ether oxygens (including phenoxy) is 1. The van der Waals surface area contributed by atoms with Crippen LogP contribution in [0.25, 0.3) is 0 Å². The van der Waals surface area contributed by atoms with Gasteiger partial charge in [-0.05, 0) is 25.3 Å². The zero-order chi connectivity index (χ0) is 14.5. The lowest BCUT2D eigenvalue weighted by molar-refractivity contribution is -0.147. The molecule has 0 spiro atoms. The summed E-state index contributed by atoms with van der Waals surface area (Å²) in [5.74, 6) is 1.74. The molecular weight excluding hydrogens is 258 g/mol. The van der Waals surface area contributed by atoms with Gasteiger partial charge in [0.2, 0.25) is 5.89 Å². The van der Waals surface area contributed by atoms with Crippen molar-refractivity contribution in [2.75, 3.05) is 20.2 Å². The van der Waals surface area contributed by atoms with Crippen molar-refractivity contribution in [3.05, 3.63) is 11.7 Å². The summed E-state index contributed by atoms with van der Waals surface area (Å²) in [5.41, 5.74) is 0. The highest BCUT2D eigenvalue weighted by Gasteiger charge is 2.27. The molecule has 112 valence electrons. The molecule has 1 unspecified atom stereocenters. The van der Waals surface area contributed by atoms with Crippen LogP contribution in [-0.2, 0) is 22.5 Å². The number of esters is 1. The molecular formula is C14H23N3O3. The summed E-state index contributed by atoms with van der Waals surface area (Å²) in [6.45, 7) is 6.54. The van der Waals surface area contributed by atoms with Crippen LogP contribution < -0.4 is 0 Å². The van der Waals surface area contributed by atoms with E-state index in [2.05, 4.69) is 28.9 Å². The zero-order valence-corrected chi connectivity index (χ0v) is 12.5. The molecule has 0 aliphatic carbocycles. The number of hydrogen-bond acceptors (Lipinski definition) is 6. The second kappa shape index (κ2) is 6.83. The van der Waals surface area contributed by atoms with Crippen LogP contribution in [0.5, 0.6) is 0 Å². The minimum absolute atomic E-state index is 0.0317. The predicted octanol–water partition coefficient (Wildman–Crippen LogP) is 1.65. The fourth-order valence-electron chi connectivity index (χ4n) is 2.54. The van der Waals surface area contributed by atoms with Crippen molar-refractivity contribution < 1.29 is 14.1 Å². The van der Waals surface area contributed by atoms with Gasteiger partial charge < -0.3 is 9.26 Å². The number of carbonyl (C=O) groups is 1. The Kier molecular flexibility index (Phi) is 5.11. The zero-order valence-electron chi connectivity index (χ0n) is 12.5. The van der Waals surface area contributed by atoms with Gasteiger partial charge in [0, 0.05) is 13.0 Å². The summed E-state index contributed by atoms with van der Waals surface area (Å²) < 4.78 is 10.1. The second-order valence-corrected chi connectivity index (χ2v) is 5.80. The third-order valence-corrected chi connectivity index (χ3v) is 3.50. The number of nitrogens with zero attached hydrogens (tertiary/aromatic N) is 3. The van der Waals surface area contributed by atoms with Gasteiger partial charge in [-0.2, -0.15) is 4.98 Å². The third kappa shape index (κ3) is 4.03. The maximum absolute atomic E-state index is 11.6. The molecule has 0 radical (unpaired) electrons. The van der Waals surface area contributed by atoms with Crippen molar-refractivity contribution in [2.45, 2.75) is 39.7 Å². The van der Waals surface area contributed by atoms with Gasteiger partial charge in [0.25, 0.3) is 0 Å². The maximum atomic E-state index is 11.6. The molecule has 0 aromatic carbocycles. The number of hydrogen-bond donors (Lipinski definition) is 0. The summed E-state index contributed by atoms with van der Waals surface area (Å²) in [5, 5.41) is 4.01. The number of aromatic nitrogens is 2. The standard InChI is InChI=1S/C14H23N3O3/c1-10(2)7-13-15-12(16-20-13)9-17-6-4-5-11(8-17)14(18)19-3/h10-11H,4-9H2,1-3H3. The van der Waals surface area contributed by atoms with Gasteiger partial charge in [0.05, 0.1) is 19.6 Å². The lowest BCUT2D eigenvalue weighted by Gasteiger charge is -2.30. The minimum atomic E-state index is -0.122. The van der Waals surface area contributed by atoms with Gasteiger partial charge in [-0.25, -0.2) is 0 Å². The molecule has 0 bridgehead atoms. The first-order chi connectivity index (χ1) is 9.58. The second-order valence-electron chi connectivity index (χ2n) is 5.80. The predicted molar refractivity (Wildman–Crippen MR) is 72.9 cm³/mol. The van der Waals surface area contributed by atoms with Gasteiger partial charge in [-0.1, -0.05) is 19.0 Å². The van der Waals surface area contributed by atoms with Crippen LogP contribution in [0.2, 0.25) is 0 Å². The molecule has 2 heterocycles. The first-order valence-corrected chi connectivity index (χ1v) is 7.20. The Bertz CT molecular complexity index is 445. The molecule has 20 heavy (non-hydrogen) atoms. The van der Waals surface area contributed by atoms with Crippen LogP contribution in [0.3, 0.4) is 0 Å². The number of methoxy groups -OCH3 is 1. The van der Waals surface area contributed by atoms with E-state index in [1.165, 1.54) is 7.11 Å². The minimum Gasteiger partial charge on any atom is -0.469 e. The fraction of sp³-hybridized carbons (Fsp3) is 0.786. The van der Waals surface area contributed by atoms with Crippen LogP contribution >= 0.6 is 0 Å². The SMILES string of the molecule is COC(=O)C1CCCN(Cc2noc(CC(C)C)n2)C1. The summed E-state index contributed by atoms with van der Waals surface area (Å²) in [6.07, 6.45) is 2.70.